The lowest BCUT2D eigenvalue weighted by molar-refractivity contribution is -0.137. The van der Waals surface area contributed by atoms with Gasteiger partial charge in [-0.25, -0.2) is 0 Å². The first-order chi connectivity index (χ1) is 10.0. The van der Waals surface area contributed by atoms with Crippen LogP contribution in [0.4, 0.5) is 13.2 Å². The molecule has 1 aromatic heterocycles. The van der Waals surface area contributed by atoms with Crippen LogP contribution in [0.1, 0.15) is 36.1 Å². The third-order valence-corrected chi connectivity index (χ3v) is 3.30. The number of halogens is 3. The molecule has 1 atom stereocenters. The summed E-state index contributed by atoms with van der Waals surface area (Å²) >= 11 is 0. The van der Waals surface area contributed by atoms with E-state index in [1.54, 1.807) is 12.5 Å². The van der Waals surface area contributed by atoms with Crippen LogP contribution in [0.2, 0.25) is 0 Å². The second-order valence-corrected chi connectivity index (χ2v) is 4.96. The van der Waals surface area contributed by atoms with Crippen LogP contribution >= 0.6 is 0 Å². The summed E-state index contributed by atoms with van der Waals surface area (Å²) in [4.78, 5) is 0. The van der Waals surface area contributed by atoms with Gasteiger partial charge in [0.2, 0.25) is 0 Å². The predicted octanol–water partition coefficient (Wildman–Crippen LogP) is 4.58. The van der Waals surface area contributed by atoms with Crippen molar-refractivity contribution in [3.63, 3.8) is 0 Å². The van der Waals surface area contributed by atoms with Gasteiger partial charge in [0.1, 0.15) is 0 Å². The minimum absolute atomic E-state index is 0.0233. The van der Waals surface area contributed by atoms with E-state index in [1.807, 2.05) is 6.07 Å². The van der Waals surface area contributed by atoms with Crippen molar-refractivity contribution < 1.29 is 17.6 Å². The lowest BCUT2D eigenvalue weighted by Gasteiger charge is -2.19. The number of furan rings is 1. The monoisotopic (exact) mass is 297 g/mol. The molecular weight excluding hydrogens is 279 g/mol. The predicted molar refractivity (Wildman–Crippen MR) is 74.9 cm³/mol. The van der Waals surface area contributed by atoms with Crippen molar-refractivity contribution >= 4 is 0 Å². The average Bonchev–Trinajstić information content (AvgIpc) is 2.95. The second-order valence-electron chi connectivity index (χ2n) is 4.96. The molecule has 0 amide bonds. The van der Waals surface area contributed by atoms with E-state index in [0.29, 0.717) is 6.42 Å². The van der Waals surface area contributed by atoms with Crippen molar-refractivity contribution in [1.29, 1.82) is 0 Å². The van der Waals surface area contributed by atoms with Gasteiger partial charge in [0, 0.05) is 6.04 Å². The third kappa shape index (κ3) is 4.36. The zero-order valence-corrected chi connectivity index (χ0v) is 11.8. The fraction of sp³-hybridized carbons (Fsp3) is 0.375. The van der Waals surface area contributed by atoms with E-state index in [9.17, 15) is 13.2 Å². The van der Waals surface area contributed by atoms with E-state index in [1.165, 1.54) is 12.1 Å². The molecule has 1 heterocycles. The minimum atomic E-state index is -4.30. The fourth-order valence-electron chi connectivity index (χ4n) is 2.18. The Bertz CT molecular complexity index is 532. The number of rotatable bonds is 6. The van der Waals surface area contributed by atoms with Gasteiger partial charge in [0.15, 0.2) is 0 Å². The molecule has 0 saturated heterocycles. The zero-order valence-electron chi connectivity index (χ0n) is 11.8. The zero-order chi connectivity index (χ0) is 15.3. The van der Waals surface area contributed by atoms with Crippen LogP contribution in [0.25, 0.3) is 0 Å². The Morgan fingerprint density at radius 2 is 1.86 bits per heavy atom. The summed E-state index contributed by atoms with van der Waals surface area (Å²) in [6, 6.07) is 7.18. The smallest absolute Gasteiger partial charge is 0.416 e. The number of nitrogens with one attached hydrogen (secondary N) is 1. The maximum Gasteiger partial charge on any atom is 0.416 e. The lowest BCUT2D eigenvalue weighted by atomic mass is 9.99. The maximum absolute atomic E-state index is 12.6. The van der Waals surface area contributed by atoms with E-state index < -0.39 is 11.7 Å². The van der Waals surface area contributed by atoms with Gasteiger partial charge >= 0.3 is 6.18 Å². The summed E-state index contributed by atoms with van der Waals surface area (Å²) in [5.74, 6) is 0. The van der Waals surface area contributed by atoms with Crippen molar-refractivity contribution in [2.75, 3.05) is 6.54 Å². The highest BCUT2D eigenvalue weighted by Gasteiger charge is 2.30. The Labute approximate surface area is 122 Å². The highest BCUT2D eigenvalue weighted by molar-refractivity contribution is 5.28. The summed E-state index contributed by atoms with van der Waals surface area (Å²) < 4.78 is 42.8. The molecule has 0 bridgehead atoms. The Hall–Kier alpha value is -1.75. The molecule has 114 valence electrons. The van der Waals surface area contributed by atoms with Crippen LogP contribution in [0.5, 0.6) is 0 Å². The first-order valence-electron chi connectivity index (χ1n) is 6.92. The van der Waals surface area contributed by atoms with Crippen molar-refractivity contribution in [2.45, 2.75) is 32.0 Å². The molecule has 0 fully saturated rings. The highest BCUT2D eigenvalue weighted by atomic mass is 19.4. The molecule has 1 N–H and O–H groups in total. The lowest BCUT2D eigenvalue weighted by Crippen LogP contribution is -2.24. The molecule has 2 nitrogen and oxygen atoms in total. The van der Waals surface area contributed by atoms with Gasteiger partial charge in [-0.05, 0) is 48.7 Å². The molecule has 2 aromatic rings. The number of benzene rings is 1. The van der Waals surface area contributed by atoms with Crippen molar-refractivity contribution in [3.8, 4) is 0 Å². The first-order valence-corrected chi connectivity index (χ1v) is 6.92. The van der Waals surface area contributed by atoms with Crippen LogP contribution in [0.3, 0.4) is 0 Å². The quantitative estimate of drug-likeness (QED) is 0.844. The SMILES string of the molecule is CCCNC(Cc1ccoc1)c1ccc(C(F)(F)F)cc1. The summed E-state index contributed by atoms with van der Waals surface area (Å²) in [5.41, 5.74) is 1.24. The van der Waals surface area contributed by atoms with E-state index in [4.69, 9.17) is 4.42 Å². The topological polar surface area (TPSA) is 25.2 Å². The Morgan fingerprint density at radius 1 is 1.14 bits per heavy atom. The van der Waals surface area contributed by atoms with Crippen molar-refractivity contribution in [1.82, 2.24) is 5.32 Å². The molecule has 0 spiro atoms. The Balaban J connectivity index is 2.15. The maximum atomic E-state index is 12.6. The van der Waals surface area contributed by atoms with Gasteiger partial charge in [-0.15, -0.1) is 0 Å². The number of hydrogen-bond donors (Lipinski definition) is 1. The minimum Gasteiger partial charge on any atom is -0.472 e. The van der Waals surface area contributed by atoms with Crippen LogP contribution in [-0.2, 0) is 12.6 Å². The van der Waals surface area contributed by atoms with Crippen LogP contribution in [0.15, 0.2) is 47.3 Å². The van der Waals surface area contributed by atoms with E-state index in [0.717, 1.165) is 36.2 Å². The molecule has 5 heteroatoms. The first kappa shape index (κ1) is 15.6. The third-order valence-electron chi connectivity index (χ3n) is 3.30. The molecule has 0 saturated carbocycles. The molecule has 1 aromatic carbocycles. The van der Waals surface area contributed by atoms with Gasteiger partial charge in [-0.3, -0.25) is 0 Å². The molecule has 2 rings (SSSR count). The van der Waals surface area contributed by atoms with Crippen molar-refractivity contribution in [3.05, 3.63) is 59.5 Å². The van der Waals surface area contributed by atoms with Crippen LogP contribution in [-0.4, -0.2) is 6.54 Å². The van der Waals surface area contributed by atoms with Gasteiger partial charge in [-0.1, -0.05) is 19.1 Å². The van der Waals surface area contributed by atoms with Crippen LogP contribution in [0, 0.1) is 0 Å². The molecule has 0 aliphatic rings. The normalized spacial score (nSPS) is 13.3. The van der Waals surface area contributed by atoms with Crippen LogP contribution < -0.4 is 5.32 Å². The summed E-state index contributed by atoms with van der Waals surface area (Å²) in [7, 11) is 0. The van der Waals surface area contributed by atoms with Gasteiger partial charge in [0.05, 0.1) is 18.1 Å². The average molecular weight is 297 g/mol. The molecule has 0 aliphatic heterocycles. The van der Waals surface area contributed by atoms with E-state index in [2.05, 4.69) is 12.2 Å². The molecule has 1 unspecified atom stereocenters. The molecule has 0 aliphatic carbocycles. The number of hydrogen-bond acceptors (Lipinski definition) is 2. The Kier molecular flexibility index (Phi) is 5.07. The highest BCUT2D eigenvalue weighted by Crippen LogP contribution is 2.30. The Morgan fingerprint density at radius 3 is 2.38 bits per heavy atom. The summed E-state index contributed by atoms with van der Waals surface area (Å²) in [6.45, 7) is 2.86. The molecular formula is C16H18F3NO. The number of alkyl halides is 3. The van der Waals surface area contributed by atoms with Gasteiger partial charge in [0.25, 0.3) is 0 Å². The van der Waals surface area contributed by atoms with Crippen molar-refractivity contribution in [2.24, 2.45) is 0 Å². The largest absolute Gasteiger partial charge is 0.472 e. The van der Waals surface area contributed by atoms with Gasteiger partial charge in [-0.2, -0.15) is 13.2 Å². The van der Waals surface area contributed by atoms with Gasteiger partial charge < -0.3 is 9.73 Å². The molecule has 0 radical (unpaired) electrons. The summed E-state index contributed by atoms with van der Waals surface area (Å²) in [5, 5.41) is 3.36. The van der Waals surface area contributed by atoms with E-state index >= 15 is 0 Å². The fourth-order valence-corrected chi connectivity index (χ4v) is 2.18. The molecule has 21 heavy (non-hydrogen) atoms. The standard InChI is InChI=1S/C16H18F3NO/c1-2-8-20-15(10-12-7-9-21-11-12)13-3-5-14(6-4-13)16(17,18)19/h3-7,9,11,15,20H,2,8,10H2,1H3. The second kappa shape index (κ2) is 6.80. The summed E-state index contributed by atoms with van der Waals surface area (Å²) in [6.07, 6.45) is 0.601. The van der Waals surface area contributed by atoms with E-state index in [-0.39, 0.29) is 6.04 Å².